The number of H-pyrrole nitrogens is 1. The van der Waals surface area contributed by atoms with Gasteiger partial charge in [0.05, 0.1) is 6.61 Å². The summed E-state index contributed by atoms with van der Waals surface area (Å²) in [5, 5.41) is 1.70. The Morgan fingerprint density at radius 3 is 2.92 bits per heavy atom. The number of nitrogens with zero attached hydrogens (tertiary/aromatic N) is 3. The monoisotopic (exact) mass is 361 g/mol. The lowest BCUT2D eigenvalue weighted by atomic mass is 10.2. The molecule has 1 saturated heterocycles. The van der Waals surface area contributed by atoms with Crippen molar-refractivity contribution in [3.63, 3.8) is 0 Å². The van der Waals surface area contributed by atoms with Crippen LogP contribution in [0.1, 0.15) is 31.1 Å². The van der Waals surface area contributed by atoms with E-state index in [4.69, 9.17) is 16.3 Å². The maximum Gasteiger partial charge on any atom is 0.308 e. The third-order valence-electron chi connectivity index (χ3n) is 4.14. The summed E-state index contributed by atoms with van der Waals surface area (Å²) in [5.41, 5.74) is 3.08. The number of rotatable bonds is 4. The number of halogens is 1. The zero-order valence-corrected chi connectivity index (χ0v) is 14.7. The highest BCUT2D eigenvalue weighted by atomic mass is 35.5. The van der Waals surface area contributed by atoms with Gasteiger partial charge in [-0.25, -0.2) is 9.55 Å². The quantitative estimate of drug-likeness (QED) is 0.435. The minimum absolute atomic E-state index is 0.0662. The fourth-order valence-corrected chi connectivity index (χ4v) is 3.92. The van der Waals surface area contributed by atoms with Gasteiger partial charge in [0, 0.05) is 17.2 Å². The van der Waals surface area contributed by atoms with Crippen LogP contribution in [0, 0.1) is 0 Å². The number of hydrogen-bond acceptors (Lipinski definition) is 4. The molecule has 4 rings (SSSR count). The molecule has 1 N–H and O–H groups in total. The number of thioether (sulfide) groups is 1. The topological polar surface area (TPSA) is 54.7 Å². The van der Waals surface area contributed by atoms with Gasteiger partial charge in [-0.2, -0.15) is 0 Å². The van der Waals surface area contributed by atoms with E-state index in [-0.39, 0.29) is 6.23 Å². The Bertz CT molecular complexity index is 830. The van der Waals surface area contributed by atoms with Crippen LogP contribution in [0.25, 0.3) is 11.2 Å². The van der Waals surface area contributed by atoms with Gasteiger partial charge in [0.25, 0.3) is 0 Å². The Hall–Kier alpha value is -1.63. The molecule has 0 aliphatic carbocycles. The normalized spacial score (nSPS) is 18.1. The average Bonchev–Trinajstić information content (AvgIpc) is 3.07. The molecule has 1 aromatic carbocycles. The highest BCUT2D eigenvalue weighted by Crippen LogP contribution is 2.27. The first-order valence-corrected chi connectivity index (χ1v) is 9.40. The number of aromatic nitrogens is 4. The molecule has 7 heteroatoms. The fourth-order valence-electron chi connectivity index (χ4n) is 2.88. The molecule has 3 heterocycles. The van der Waals surface area contributed by atoms with Crippen LogP contribution < -0.4 is 4.57 Å². The van der Waals surface area contributed by atoms with Gasteiger partial charge in [-0.1, -0.05) is 40.5 Å². The van der Waals surface area contributed by atoms with E-state index in [9.17, 15) is 0 Å². The van der Waals surface area contributed by atoms with Gasteiger partial charge in [-0.3, -0.25) is 4.98 Å². The summed E-state index contributed by atoms with van der Waals surface area (Å²) in [6, 6.07) is 7.91. The van der Waals surface area contributed by atoms with Crippen molar-refractivity contribution in [2.45, 2.75) is 36.3 Å². The van der Waals surface area contributed by atoms with Crippen LogP contribution in [-0.2, 0) is 10.5 Å². The van der Waals surface area contributed by atoms with Gasteiger partial charge in [-0.05, 0) is 30.5 Å². The summed E-state index contributed by atoms with van der Waals surface area (Å²) < 4.78 is 7.96. The van der Waals surface area contributed by atoms with Gasteiger partial charge in [-0.15, -0.1) is 0 Å². The molecular formula is C17H18ClN4OS+. The number of nitrogens with one attached hydrogen (secondary N) is 1. The SMILES string of the molecule is Clc1ccc(CSc2ncnc3c2[nH]c[n+]3[C@@H]2CCCCO2)cc1. The van der Waals surface area contributed by atoms with Gasteiger partial charge in [0.15, 0.2) is 18.9 Å². The van der Waals surface area contributed by atoms with E-state index in [0.29, 0.717) is 0 Å². The van der Waals surface area contributed by atoms with E-state index in [1.807, 2.05) is 30.6 Å². The largest absolute Gasteiger partial charge is 0.345 e. The third kappa shape index (κ3) is 3.27. The van der Waals surface area contributed by atoms with Crippen LogP contribution in [0.3, 0.4) is 0 Å². The zero-order chi connectivity index (χ0) is 16.4. The Kier molecular flexibility index (Phi) is 4.69. The first kappa shape index (κ1) is 15.9. The van der Waals surface area contributed by atoms with E-state index in [2.05, 4.69) is 19.5 Å². The molecule has 0 bridgehead atoms. The Morgan fingerprint density at radius 1 is 1.25 bits per heavy atom. The second kappa shape index (κ2) is 7.09. The lowest BCUT2D eigenvalue weighted by Gasteiger charge is -2.20. The first-order chi connectivity index (χ1) is 11.8. The van der Waals surface area contributed by atoms with Gasteiger partial charge in [0.1, 0.15) is 5.03 Å². The average molecular weight is 362 g/mol. The molecule has 0 spiro atoms. The molecule has 24 heavy (non-hydrogen) atoms. The molecule has 1 fully saturated rings. The lowest BCUT2D eigenvalue weighted by molar-refractivity contribution is -0.744. The van der Waals surface area contributed by atoms with Crippen LogP contribution in [0.4, 0.5) is 0 Å². The van der Waals surface area contributed by atoms with Crippen LogP contribution in [0.2, 0.25) is 5.02 Å². The Balaban J connectivity index is 1.57. The van der Waals surface area contributed by atoms with Crippen LogP contribution in [0.5, 0.6) is 0 Å². The number of hydrogen-bond donors (Lipinski definition) is 1. The standard InChI is InChI=1S/C17H17ClN4OS/c18-13-6-4-12(5-7-13)9-24-17-15-16(19-10-20-17)22(11-21-15)14-3-1-2-8-23-14/h4-7,10-11,14H,1-3,8-9H2/p+1/t14-/m0/s1. The van der Waals surface area contributed by atoms with Gasteiger partial charge in [0.2, 0.25) is 5.52 Å². The molecular weight excluding hydrogens is 344 g/mol. The predicted octanol–water partition coefficient (Wildman–Crippen LogP) is 3.89. The van der Waals surface area contributed by atoms with Crippen molar-refractivity contribution in [3.05, 3.63) is 47.5 Å². The number of fused-ring (bicyclic) bond motifs is 1. The molecule has 0 radical (unpaired) electrons. The van der Waals surface area contributed by atoms with Crippen LogP contribution in [-0.4, -0.2) is 21.6 Å². The molecule has 1 aliphatic rings. The van der Waals surface area contributed by atoms with Crippen LogP contribution in [0.15, 0.2) is 41.9 Å². The smallest absolute Gasteiger partial charge is 0.308 e. The summed E-state index contributed by atoms with van der Waals surface area (Å²) in [6.07, 6.45) is 6.98. The van der Waals surface area contributed by atoms with E-state index < -0.39 is 0 Å². The van der Waals surface area contributed by atoms with Crippen molar-refractivity contribution in [1.29, 1.82) is 0 Å². The molecule has 5 nitrogen and oxygen atoms in total. The maximum atomic E-state index is 5.94. The number of ether oxygens (including phenoxy) is 1. The molecule has 3 aromatic rings. The first-order valence-electron chi connectivity index (χ1n) is 8.03. The van der Waals surface area contributed by atoms with Gasteiger partial charge < -0.3 is 4.74 Å². The van der Waals surface area contributed by atoms with E-state index in [0.717, 1.165) is 46.4 Å². The second-order valence-corrected chi connectivity index (χ2v) is 7.19. The van der Waals surface area contributed by atoms with Crippen molar-refractivity contribution >= 4 is 34.5 Å². The molecule has 1 atom stereocenters. The zero-order valence-electron chi connectivity index (χ0n) is 13.1. The number of imidazole rings is 1. The minimum Gasteiger partial charge on any atom is -0.345 e. The molecule has 0 amide bonds. The van der Waals surface area contributed by atoms with Crippen molar-refractivity contribution in [2.75, 3.05) is 6.61 Å². The number of benzene rings is 1. The van der Waals surface area contributed by atoms with E-state index >= 15 is 0 Å². The van der Waals surface area contributed by atoms with E-state index in [1.54, 1.807) is 18.1 Å². The molecule has 0 unspecified atom stereocenters. The lowest BCUT2D eigenvalue weighted by Crippen LogP contribution is -2.41. The van der Waals surface area contributed by atoms with Crippen molar-refractivity contribution in [3.8, 4) is 0 Å². The maximum absolute atomic E-state index is 5.94. The predicted molar refractivity (Wildman–Crippen MR) is 93.9 cm³/mol. The molecule has 1 aliphatic heterocycles. The summed E-state index contributed by atoms with van der Waals surface area (Å²) in [6.45, 7) is 0.813. The third-order valence-corrected chi connectivity index (χ3v) is 5.45. The summed E-state index contributed by atoms with van der Waals surface area (Å²) >= 11 is 7.63. The molecule has 2 aromatic heterocycles. The Labute approximate surface area is 149 Å². The summed E-state index contributed by atoms with van der Waals surface area (Å²) in [4.78, 5) is 12.2. The van der Waals surface area contributed by atoms with Crippen LogP contribution >= 0.6 is 23.4 Å². The number of aromatic amines is 1. The molecule has 0 saturated carbocycles. The van der Waals surface area contributed by atoms with Crippen molar-refractivity contribution in [2.24, 2.45) is 0 Å². The van der Waals surface area contributed by atoms with Crippen molar-refractivity contribution < 1.29 is 9.30 Å². The highest BCUT2D eigenvalue weighted by molar-refractivity contribution is 7.98. The fraction of sp³-hybridized carbons (Fsp3) is 0.353. The summed E-state index contributed by atoms with van der Waals surface area (Å²) in [5.74, 6) is 0.836. The van der Waals surface area contributed by atoms with Gasteiger partial charge >= 0.3 is 5.65 Å². The highest BCUT2D eigenvalue weighted by Gasteiger charge is 2.25. The minimum atomic E-state index is 0.0662. The Morgan fingerprint density at radius 2 is 2.12 bits per heavy atom. The van der Waals surface area contributed by atoms with Crippen molar-refractivity contribution in [1.82, 2.24) is 15.0 Å². The van der Waals surface area contributed by atoms with E-state index in [1.165, 1.54) is 12.0 Å². The second-order valence-electron chi connectivity index (χ2n) is 5.79. The molecule has 124 valence electrons. The summed E-state index contributed by atoms with van der Waals surface area (Å²) in [7, 11) is 0.